The van der Waals surface area contributed by atoms with Crippen LogP contribution in [-0.2, 0) is 24.1 Å². The van der Waals surface area contributed by atoms with Crippen LogP contribution in [0.3, 0.4) is 0 Å². The predicted molar refractivity (Wildman–Crippen MR) is 116 cm³/mol. The van der Waals surface area contributed by atoms with Crippen molar-refractivity contribution >= 4 is 33.3 Å². The molecule has 2 heterocycles. The molecule has 1 saturated heterocycles. The topological polar surface area (TPSA) is 110 Å². The predicted octanol–water partition coefficient (Wildman–Crippen LogP) is 4.11. The third-order valence-electron chi connectivity index (χ3n) is 5.98. The maximum Gasteiger partial charge on any atom is 0.416 e. The highest BCUT2D eigenvalue weighted by Gasteiger charge is 2.38. The summed E-state index contributed by atoms with van der Waals surface area (Å²) in [5.74, 6) is -0.770. The average molecular weight is 460 g/mol. The van der Waals surface area contributed by atoms with Crippen molar-refractivity contribution in [2.75, 3.05) is 24.7 Å². The third-order valence-corrected chi connectivity index (χ3v) is 7.83. The Morgan fingerprint density at radius 1 is 1.12 bits per heavy atom. The molecular formula is C23H25NO7S. The van der Waals surface area contributed by atoms with Crippen molar-refractivity contribution in [1.82, 2.24) is 0 Å². The van der Waals surface area contributed by atoms with E-state index in [2.05, 4.69) is 0 Å². The first kappa shape index (κ1) is 22.3. The van der Waals surface area contributed by atoms with Crippen LogP contribution >= 0.6 is 0 Å². The maximum atomic E-state index is 13.2. The number of benzene rings is 2. The van der Waals surface area contributed by atoms with Crippen LogP contribution in [0.2, 0.25) is 0 Å². The SMILES string of the molecule is CCOC(=O)C(CC1CCOCC1)c1ccc2c(c1)N(C(=O)O)c1ccccc1S2(=O)=O. The number of fused-ring (bicyclic) bond motifs is 2. The number of ether oxygens (including phenoxy) is 2. The first-order valence-corrected chi connectivity index (χ1v) is 12.1. The van der Waals surface area contributed by atoms with Crippen molar-refractivity contribution in [3.05, 3.63) is 48.0 Å². The fourth-order valence-electron chi connectivity index (χ4n) is 4.40. The Morgan fingerprint density at radius 2 is 1.81 bits per heavy atom. The van der Waals surface area contributed by atoms with E-state index in [0.717, 1.165) is 17.7 Å². The zero-order valence-electron chi connectivity index (χ0n) is 17.7. The summed E-state index contributed by atoms with van der Waals surface area (Å²) in [7, 11) is -3.91. The zero-order valence-corrected chi connectivity index (χ0v) is 18.5. The lowest BCUT2D eigenvalue weighted by Crippen LogP contribution is -2.31. The molecule has 9 heteroatoms. The number of sulfone groups is 1. The van der Waals surface area contributed by atoms with E-state index in [1.807, 2.05) is 0 Å². The van der Waals surface area contributed by atoms with Gasteiger partial charge in [0.05, 0.1) is 33.7 Å². The third kappa shape index (κ3) is 3.98. The van der Waals surface area contributed by atoms with E-state index in [1.54, 1.807) is 25.1 Å². The van der Waals surface area contributed by atoms with Crippen molar-refractivity contribution in [3.8, 4) is 0 Å². The molecule has 2 aromatic carbocycles. The Morgan fingerprint density at radius 3 is 2.50 bits per heavy atom. The van der Waals surface area contributed by atoms with Gasteiger partial charge in [0, 0.05) is 13.2 Å². The molecule has 2 aliphatic heterocycles. The monoisotopic (exact) mass is 459 g/mol. The summed E-state index contributed by atoms with van der Waals surface area (Å²) in [6.07, 6.45) is 0.869. The number of anilines is 2. The fraction of sp³-hybridized carbons (Fsp3) is 0.391. The maximum absolute atomic E-state index is 13.2. The quantitative estimate of drug-likeness (QED) is 0.670. The highest BCUT2D eigenvalue weighted by molar-refractivity contribution is 7.92. The smallest absolute Gasteiger partial charge is 0.416 e. The molecular weight excluding hydrogens is 434 g/mol. The molecule has 8 nitrogen and oxygen atoms in total. The highest BCUT2D eigenvalue weighted by atomic mass is 32.2. The molecule has 2 aromatic rings. The Hall–Kier alpha value is -2.91. The van der Waals surface area contributed by atoms with E-state index in [-0.39, 0.29) is 33.7 Å². The van der Waals surface area contributed by atoms with Gasteiger partial charge in [0.15, 0.2) is 0 Å². The lowest BCUT2D eigenvalue weighted by molar-refractivity contribution is -0.145. The molecule has 1 unspecified atom stereocenters. The second kappa shape index (κ2) is 8.91. The Balaban J connectivity index is 1.81. The highest BCUT2D eigenvalue weighted by Crippen LogP contribution is 2.45. The number of hydrogen-bond acceptors (Lipinski definition) is 6. The van der Waals surface area contributed by atoms with Gasteiger partial charge in [-0.2, -0.15) is 0 Å². The van der Waals surface area contributed by atoms with Gasteiger partial charge in [-0.3, -0.25) is 4.79 Å². The number of rotatable bonds is 5. The minimum absolute atomic E-state index is 0.0231. The normalized spacial score (nSPS) is 18.3. The summed E-state index contributed by atoms with van der Waals surface area (Å²) in [6.45, 7) is 3.21. The van der Waals surface area contributed by atoms with Gasteiger partial charge in [0.2, 0.25) is 9.84 Å². The van der Waals surface area contributed by atoms with Gasteiger partial charge in [0.25, 0.3) is 0 Å². The lowest BCUT2D eigenvalue weighted by atomic mass is 9.85. The summed E-state index contributed by atoms with van der Waals surface area (Å²) in [4.78, 5) is 25.8. The van der Waals surface area contributed by atoms with E-state index in [4.69, 9.17) is 9.47 Å². The zero-order chi connectivity index (χ0) is 22.9. The van der Waals surface area contributed by atoms with Crippen LogP contribution in [0.5, 0.6) is 0 Å². The largest absolute Gasteiger partial charge is 0.466 e. The molecule has 0 aromatic heterocycles. The van der Waals surface area contributed by atoms with Crippen LogP contribution in [0.15, 0.2) is 52.3 Å². The summed E-state index contributed by atoms with van der Waals surface area (Å²) >= 11 is 0. The fourth-order valence-corrected chi connectivity index (χ4v) is 6.01. The number of esters is 1. The number of hydrogen-bond donors (Lipinski definition) is 1. The summed E-state index contributed by atoms with van der Waals surface area (Å²) in [5, 5.41) is 9.91. The first-order valence-electron chi connectivity index (χ1n) is 10.6. The molecule has 4 rings (SSSR count). The van der Waals surface area contributed by atoms with E-state index >= 15 is 0 Å². The molecule has 170 valence electrons. The Bertz CT molecular complexity index is 1140. The number of nitrogens with zero attached hydrogens (tertiary/aromatic N) is 1. The van der Waals surface area contributed by atoms with Crippen LogP contribution in [0.25, 0.3) is 0 Å². The van der Waals surface area contributed by atoms with E-state index in [0.29, 0.717) is 25.2 Å². The number of amides is 1. The van der Waals surface area contributed by atoms with Crippen molar-refractivity contribution in [2.24, 2.45) is 5.92 Å². The molecule has 0 spiro atoms. The molecule has 1 atom stereocenters. The number of para-hydroxylation sites is 1. The molecule has 0 aliphatic carbocycles. The van der Waals surface area contributed by atoms with Gasteiger partial charge in [-0.25, -0.2) is 18.1 Å². The average Bonchev–Trinajstić information content (AvgIpc) is 2.78. The molecule has 1 amide bonds. The Kier molecular flexibility index (Phi) is 6.21. The molecule has 1 N–H and O–H groups in total. The minimum Gasteiger partial charge on any atom is -0.466 e. The van der Waals surface area contributed by atoms with Crippen LogP contribution < -0.4 is 4.90 Å². The Labute approximate surface area is 186 Å². The van der Waals surface area contributed by atoms with Crippen molar-refractivity contribution in [1.29, 1.82) is 0 Å². The van der Waals surface area contributed by atoms with Crippen LogP contribution in [0, 0.1) is 5.92 Å². The number of carbonyl (C=O) groups is 2. The van der Waals surface area contributed by atoms with Gasteiger partial charge in [-0.15, -0.1) is 0 Å². The summed E-state index contributed by atoms with van der Waals surface area (Å²) in [6, 6.07) is 10.5. The second-order valence-electron chi connectivity index (χ2n) is 7.91. The van der Waals surface area contributed by atoms with E-state index in [1.165, 1.54) is 24.3 Å². The number of carboxylic acid groups (broad SMARTS) is 1. The van der Waals surface area contributed by atoms with Crippen molar-refractivity contribution < 1.29 is 32.6 Å². The minimum atomic E-state index is -3.91. The van der Waals surface area contributed by atoms with Gasteiger partial charge < -0.3 is 14.6 Å². The summed E-state index contributed by atoms with van der Waals surface area (Å²) in [5.41, 5.74) is 0.631. The van der Waals surface area contributed by atoms with Crippen LogP contribution in [0.1, 0.15) is 37.7 Å². The molecule has 1 fully saturated rings. The second-order valence-corrected chi connectivity index (χ2v) is 9.80. The molecule has 32 heavy (non-hydrogen) atoms. The van der Waals surface area contributed by atoms with E-state index < -0.39 is 27.8 Å². The standard InChI is InChI=1S/C23H25NO7S/c1-2-31-22(25)17(13-15-9-11-30-12-10-15)16-7-8-21-19(14-16)24(23(26)27)18-5-3-4-6-20(18)32(21,28)29/h3-8,14-15,17H,2,9-13H2,1H3,(H,26,27). The van der Waals surface area contributed by atoms with Crippen molar-refractivity contribution in [2.45, 2.75) is 41.9 Å². The first-order chi connectivity index (χ1) is 15.3. The number of carbonyl (C=O) groups excluding carboxylic acids is 1. The van der Waals surface area contributed by atoms with Crippen molar-refractivity contribution in [3.63, 3.8) is 0 Å². The lowest BCUT2D eigenvalue weighted by Gasteiger charge is -2.31. The summed E-state index contributed by atoms with van der Waals surface area (Å²) < 4.78 is 37.1. The molecule has 2 aliphatic rings. The molecule has 0 radical (unpaired) electrons. The van der Waals surface area contributed by atoms with Gasteiger partial charge >= 0.3 is 12.1 Å². The molecule has 0 saturated carbocycles. The van der Waals surface area contributed by atoms with E-state index in [9.17, 15) is 23.1 Å². The van der Waals surface area contributed by atoms with Crippen LogP contribution in [0.4, 0.5) is 16.2 Å². The van der Waals surface area contributed by atoms with Gasteiger partial charge in [-0.05, 0) is 61.9 Å². The van der Waals surface area contributed by atoms with Crippen LogP contribution in [-0.4, -0.2) is 45.4 Å². The van der Waals surface area contributed by atoms with Gasteiger partial charge in [-0.1, -0.05) is 18.2 Å². The van der Waals surface area contributed by atoms with Gasteiger partial charge in [0.1, 0.15) is 0 Å². The molecule has 0 bridgehead atoms.